The lowest BCUT2D eigenvalue weighted by molar-refractivity contribution is -0.0199. The van der Waals surface area contributed by atoms with Crippen LogP contribution in [0.25, 0.3) is 0 Å². The van der Waals surface area contributed by atoms with Crippen molar-refractivity contribution >= 4 is 5.69 Å². The Bertz CT molecular complexity index is 333. The first-order valence-corrected chi connectivity index (χ1v) is 4.70. The largest absolute Gasteiger partial charge is 0.399 e. The zero-order chi connectivity index (χ0) is 10.4. The molecule has 0 spiro atoms. The number of hydrogen-bond acceptors (Lipinski definition) is 1. The molecule has 1 aliphatic carbocycles. The van der Waals surface area contributed by atoms with Gasteiger partial charge in [0, 0.05) is 12.6 Å². The Morgan fingerprint density at radius 2 is 1.71 bits per heavy atom. The summed E-state index contributed by atoms with van der Waals surface area (Å²) in [7, 11) is 0. The fourth-order valence-electron chi connectivity index (χ4n) is 1.91. The highest BCUT2D eigenvalue weighted by molar-refractivity contribution is 5.44. The summed E-state index contributed by atoms with van der Waals surface area (Å²) in [4.78, 5) is 0. The first kappa shape index (κ1) is 9.44. The van der Waals surface area contributed by atoms with Gasteiger partial charge in [0.15, 0.2) is 0 Å². The number of benzene rings is 1. The molecule has 1 aromatic carbocycles. The zero-order valence-corrected chi connectivity index (χ0v) is 8.06. The molecule has 0 atom stereocenters. The summed E-state index contributed by atoms with van der Waals surface area (Å²) in [5.41, 5.74) is 5.92. The van der Waals surface area contributed by atoms with Crippen LogP contribution in [0.5, 0.6) is 0 Å². The summed E-state index contributed by atoms with van der Waals surface area (Å²) < 4.78 is 26.6. The third kappa shape index (κ3) is 1.27. The molecule has 1 fully saturated rings. The van der Waals surface area contributed by atoms with Crippen molar-refractivity contribution in [1.82, 2.24) is 0 Å². The predicted molar refractivity (Wildman–Crippen MR) is 52.4 cm³/mol. The molecule has 0 saturated heterocycles. The van der Waals surface area contributed by atoms with Crippen molar-refractivity contribution in [3.8, 4) is 0 Å². The highest BCUT2D eigenvalue weighted by Crippen LogP contribution is 2.57. The molecule has 1 nitrogen and oxygen atoms in total. The fourth-order valence-corrected chi connectivity index (χ4v) is 1.91. The van der Waals surface area contributed by atoms with E-state index in [2.05, 4.69) is 0 Å². The summed E-state index contributed by atoms with van der Waals surface area (Å²) in [5.74, 6) is -2.64. The van der Waals surface area contributed by atoms with Gasteiger partial charge >= 0.3 is 0 Å². The average Bonchev–Trinajstić information content (AvgIpc) is 2.84. The van der Waals surface area contributed by atoms with E-state index in [1.54, 1.807) is 24.3 Å². The minimum Gasteiger partial charge on any atom is -0.399 e. The maximum atomic E-state index is 13.3. The van der Waals surface area contributed by atoms with Crippen LogP contribution >= 0.6 is 0 Å². The van der Waals surface area contributed by atoms with Gasteiger partial charge in [-0.3, -0.25) is 0 Å². The third-order valence-electron chi connectivity index (χ3n) is 3.05. The standard InChI is InChI=1S/C11H13F2N/c1-10(12,13)11(6-7-11)8-2-4-9(14)5-3-8/h2-5H,6-7,14H2,1H3. The van der Waals surface area contributed by atoms with Gasteiger partial charge in [0.05, 0.1) is 5.41 Å². The highest BCUT2D eigenvalue weighted by atomic mass is 19.3. The lowest BCUT2D eigenvalue weighted by Crippen LogP contribution is -2.29. The summed E-state index contributed by atoms with van der Waals surface area (Å²) in [6, 6.07) is 6.78. The van der Waals surface area contributed by atoms with Gasteiger partial charge in [0.1, 0.15) is 0 Å². The van der Waals surface area contributed by atoms with Gasteiger partial charge in [-0.2, -0.15) is 0 Å². The number of halogens is 2. The van der Waals surface area contributed by atoms with Crippen LogP contribution in [0, 0.1) is 0 Å². The molecule has 0 bridgehead atoms. The fraction of sp³-hybridized carbons (Fsp3) is 0.455. The molecule has 2 N–H and O–H groups in total. The van der Waals surface area contributed by atoms with Crippen LogP contribution in [-0.4, -0.2) is 5.92 Å². The Morgan fingerprint density at radius 1 is 1.21 bits per heavy atom. The number of anilines is 1. The van der Waals surface area contributed by atoms with Gasteiger partial charge in [0.25, 0.3) is 5.92 Å². The molecule has 0 amide bonds. The van der Waals surface area contributed by atoms with E-state index in [4.69, 9.17) is 5.73 Å². The van der Waals surface area contributed by atoms with Crippen LogP contribution in [0.4, 0.5) is 14.5 Å². The monoisotopic (exact) mass is 197 g/mol. The topological polar surface area (TPSA) is 26.0 Å². The van der Waals surface area contributed by atoms with E-state index in [0.717, 1.165) is 6.92 Å². The van der Waals surface area contributed by atoms with Crippen molar-refractivity contribution < 1.29 is 8.78 Å². The molecular weight excluding hydrogens is 184 g/mol. The molecule has 1 saturated carbocycles. The first-order valence-electron chi connectivity index (χ1n) is 4.70. The minimum atomic E-state index is -2.64. The van der Waals surface area contributed by atoms with E-state index in [1.807, 2.05) is 0 Å². The van der Waals surface area contributed by atoms with Crippen molar-refractivity contribution in [2.75, 3.05) is 5.73 Å². The lowest BCUT2D eigenvalue weighted by Gasteiger charge is -2.23. The number of hydrogen-bond donors (Lipinski definition) is 1. The quantitative estimate of drug-likeness (QED) is 0.725. The van der Waals surface area contributed by atoms with E-state index in [1.165, 1.54) is 0 Å². The van der Waals surface area contributed by atoms with E-state index >= 15 is 0 Å². The summed E-state index contributed by atoms with van der Waals surface area (Å²) in [6.07, 6.45) is 1.14. The molecule has 0 radical (unpaired) electrons. The second kappa shape index (κ2) is 2.69. The van der Waals surface area contributed by atoms with Crippen molar-refractivity contribution in [3.05, 3.63) is 29.8 Å². The van der Waals surface area contributed by atoms with Gasteiger partial charge in [-0.25, -0.2) is 8.78 Å². The molecule has 14 heavy (non-hydrogen) atoms. The Labute approximate surface area is 81.9 Å². The molecular formula is C11H13F2N. The van der Waals surface area contributed by atoms with Gasteiger partial charge < -0.3 is 5.73 Å². The van der Waals surface area contributed by atoms with Gasteiger partial charge in [-0.15, -0.1) is 0 Å². The second-order valence-corrected chi connectivity index (χ2v) is 4.09. The van der Waals surface area contributed by atoms with Crippen molar-refractivity contribution in [3.63, 3.8) is 0 Å². The molecule has 3 heteroatoms. The van der Waals surface area contributed by atoms with Crippen molar-refractivity contribution in [2.45, 2.75) is 31.1 Å². The lowest BCUT2D eigenvalue weighted by atomic mass is 9.90. The summed E-state index contributed by atoms with van der Waals surface area (Å²) >= 11 is 0. The molecule has 0 heterocycles. The number of alkyl halides is 2. The molecule has 1 aromatic rings. The smallest absolute Gasteiger partial charge is 0.254 e. The van der Waals surface area contributed by atoms with E-state index < -0.39 is 11.3 Å². The number of nitrogens with two attached hydrogens (primary N) is 1. The Kier molecular flexibility index (Phi) is 1.81. The van der Waals surface area contributed by atoms with Gasteiger partial charge in [0.2, 0.25) is 0 Å². The summed E-state index contributed by atoms with van der Waals surface area (Å²) in [6.45, 7) is 0.996. The van der Waals surface area contributed by atoms with Crippen LogP contribution in [-0.2, 0) is 5.41 Å². The highest BCUT2D eigenvalue weighted by Gasteiger charge is 2.59. The Balaban J connectivity index is 2.36. The number of rotatable bonds is 2. The SMILES string of the molecule is CC(F)(F)C1(c2ccc(N)cc2)CC1. The molecule has 0 unspecified atom stereocenters. The molecule has 2 rings (SSSR count). The third-order valence-corrected chi connectivity index (χ3v) is 3.05. The second-order valence-electron chi connectivity index (χ2n) is 4.09. The molecule has 0 aliphatic heterocycles. The Morgan fingerprint density at radius 3 is 2.07 bits per heavy atom. The number of nitrogen functional groups attached to an aromatic ring is 1. The maximum Gasteiger partial charge on any atom is 0.254 e. The van der Waals surface area contributed by atoms with Crippen molar-refractivity contribution in [1.29, 1.82) is 0 Å². The maximum absolute atomic E-state index is 13.3. The van der Waals surface area contributed by atoms with E-state index in [0.29, 0.717) is 24.1 Å². The minimum absolute atomic E-state index is 0.570. The van der Waals surface area contributed by atoms with Crippen LogP contribution in [0.15, 0.2) is 24.3 Å². The van der Waals surface area contributed by atoms with Gasteiger partial charge in [-0.1, -0.05) is 12.1 Å². The summed E-state index contributed by atoms with van der Waals surface area (Å²) in [5, 5.41) is 0. The molecule has 0 aromatic heterocycles. The molecule has 76 valence electrons. The van der Waals surface area contributed by atoms with Crippen LogP contribution in [0.3, 0.4) is 0 Å². The van der Waals surface area contributed by atoms with Crippen LogP contribution in [0.1, 0.15) is 25.3 Å². The van der Waals surface area contributed by atoms with Crippen LogP contribution < -0.4 is 5.73 Å². The first-order chi connectivity index (χ1) is 6.46. The van der Waals surface area contributed by atoms with Gasteiger partial charge in [-0.05, 0) is 30.5 Å². The predicted octanol–water partition coefficient (Wildman–Crippen LogP) is 2.96. The van der Waals surface area contributed by atoms with Crippen LogP contribution in [0.2, 0.25) is 0 Å². The normalized spacial score (nSPS) is 19.4. The van der Waals surface area contributed by atoms with E-state index in [9.17, 15) is 8.78 Å². The Hall–Kier alpha value is -1.12. The average molecular weight is 197 g/mol. The van der Waals surface area contributed by atoms with E-state index in [-0.39, 0.29) is 0 Å². The zero-order valence-electron chi connectivity index (χ0n) is 8.06. The van der Waals surface area contributed by atoms with Crippen molar-refractivity contribution in [2.24, 2.45) is 0 Å². The molecule has 1 aliphatic rings.